The largest absolute Gasteiger partial charge is 0.204 e. The van der Waals surface area contributed by atoms with Crippen molar-refractivity contribution in [2.45, 2.75) is 38.5 Å². The number of benzene rings is 1. The van der Waals surface area contributed by atoms with Crippen LogP contribution in [0.4, 0.5) is 8.78 Å². The highest BCUT2D eigenvalue weighted by atomic mass is 19.2. The van der Waals surface area contributed by atoms with Crippen molar-refractivity contribution < 1.29 is 8.78 Å². The van der Waals surface area contributed by atoms with Crippen LogP contribution in [0.15, 0.2) is 18.2 Å². The van der Waals surface area contributed by atoms with Gasteiger partial charge in [-0.2, -0.15) is 0 Å². The van der Waals surface area contributed by atoms with Gasteiger partial charge in [0.2, 0.25) is 0 Å². The fourth-order valence-corrected chi connectivity index (χ4v) is 2.35. The zero-order chi connectivity index (χ0) is 11.4. The summed E-state index contributed by atoms with van der Waals surface area (Å²) in [6, 6.07) is 4.23. The van der Waals surface area contributed by atoms with E-state index in [1.54, 1.807) is 6.07 Å². The van der Waals surface area contributed by atoms with Crippen LogP contribution in [0.25, 0.3) is 0 Å². The smallest absolute Gasteiger partial charge is 0.159 e. The molecule has 0 aromatic heterocycles. The molecule has 1 aromatic carbocycles. The summed E-state index contributed by atoms with van der Waals surface area (Å²) in [5.41, 5.74) is 0.911. The topological polar surface area (TPSA) is 0 Å². The van der Waals surface area contributed by atoms with Gasteiger partial charge in [0.05, 0.1) is 0 Å². The molecule has 0 saturated heterocycles. The second-order valence-corrected chi connectivity index (χ2v) is 4.60. The lowest BCUT2D eigenvalue weighted by Crippen LogP contribution is -2.07. The average molecular weight is 223 g/mol. The normalized spacial score (nSPS) is 17.6. The molecule has 0 N–H and O–H groups in total. The maximum atomic E-state index is 13.0. The summed E-state index contributed by atoms with van der Waals surface area (Å²) >= 11 is 0. The first kappa shape index (κ1) is 11.6. The molecule has 0 amide bonds. The van der Waals surface area contributed by atoms with Crippen molar-refractivity contribution in [3.05, 3.63) is 41.8 Å². The van der Waals surface area contributed by atoms with E-state index in [0.29, 0.717) is 0 Å². The molecule has 87 valence electrons. The van der Waals surface area contributed by atoms with E-state index < -0.39 is 11.6 Å². The Labute approximate surface area is 95.7 Å². The first-order valence-electron chi connectivity index (χ1n) is 6.01. The molecule has 1 aliphatic carbocycles. The minimum atomic E-state index is -0.754. The van der Waals surface area contributed by atoms with Gasteiger partial charge in [0, 0.05) is 0 Å². The molecule has 0 heterocycles. The Kier molecular flexibility index (Phi) is 3.92. The third-order valence-corrected chi connectivity index (χ3v) is 3.38. The van der Waals surface area contributed by atoms with Gasteiger partial charge in [-0.1, -0.05) is 18.9 Å². The predicted molar refractivity (Wildman–Crippen MR) is 60.9 cm³/mol. The fraction of sp³-hybridized carbons (Fsp3) is 0.500. The highest BCUT2D eigenvalue weighted by Gasteiger charge is 2.13. The maximum absolute atomic E-state index is 13.0. The van der Waals surface area contributed by atoms with Crippen molar-refractivity contribution in [3.63, 3.8) is 0 Å². The van der Waals surface area contributed by atoms with Crippen LogP contribution in [0.1, 0.15) is 37.7 Å². The Hall–Kier alpha value is -0.920. The second kappa shape index (κ2) is 5.42. The second-order valence-electron chi connectivity index (χ2n) is 4.60. The van der Waals surface area contributed by atoms with Crippen LogP contribution >= 0.6 is 0 Å². The predicted octanol–water partition coefficient (Wildman–Crippen LogP) is 4.29. The van der Waals surface area contributed by atoms with Crippen molar-refractivity contribution >= 4 is 0 Å². The van der Waals surface area contributed by atoms with Crippen LogP contribution in [-0.4, -0.2) is 0 Å². The first-order chi connectivity index (χ1) is 7.75. The van der Waals surface area contributed by atoms with E-state index in [9.17, 15) is 8.78 Å². The summed E-state index contributed by atoms with van der Waals surface area (Å²) in [6.07, 6.45) is 9.23. The van der Waals surface area contributed by atoms with Gasteiger partial charge in [-0.25, -0.2) is 8.78 Å². The monoisotopic (exact) mass is 223 g/mol. The van der Waals surface area contributed by atoms with Gasteiger partial charge in [0.15, 0.2) is 11.6 Å². The molecule has 0 aliphatic heterocycles. The molecule has 0 nitrogen and oxygen atoms in total. The molecule has 0 bridgehead atoms. The SMILES string of the molecule is Fc1ccc(CCC2CC[CH]CC2)cc1F. The summed E-state index contributed by atoms with van der Waals surface area (Å²) in [6.45, 7) is 0. The Bertz CT molecular complexity index is 341. The molecular formula is C14H17F2. The first-order valence-corrected chi connectivity index (χ1v) is 6.01. The zero-order valence-electron chi connectivity index (χ0n) is 9.39. The third-order valence-electron chi connectivity index (χ3n) is 3.38. The lowest BCUT2D eigenvalue weighted by molar-refractivity contribution is 0.380. The maximum Gasteiger partial charge on any atom is 0.159 e. The third kappa shape index (κ3) is 3.03. The number of hydrogen-bond acceptors (Lipinski definition) is 0. The standard InChI is InChI=1S/C14H17F2/c15-13-9-8-12(10-14(13)16)7-6-11-4-2-1-3-5-11/h1,8-11H,2-7H2. The van der Waals surface area contributed by atoms with Gasteiger partial charge in [0.25, 0.3) is 0 Å². The van der Waals surface area contributed by atoms with Crippen molar-refractivity contribution in [3.8, 4) is 0 Å². The van der Waals surface area contributed by atoms with E-state index in [2.05, 4.69) is 6.42 Å². The highest BCUT2D eigenvalue weighted by molar-refractivity contribution is 5.17. The van der Waals surface area contributed by atoms with Gasteiger partial charge < -0.3 is 0 Å². The van der Waals surface area contributed by atoms with Crippen molar-refractivity contribution in [1.29, 1.82) is 0 Å². The van der Waals surface area contributed by atoms with Crippen LogP contribution < -0.4 is 0 Å². The van der Waals surface area contributed by atoms with Crippen molar-refractivity contribution in [2.24, 2.45) is 5.92 Å². The van der Waals surface area contributed by atoms with E-state index in [0.717, 1.165) is 24.3 Å². The van der Waals surface area contributed by atoms with E-state index in [1.165, 1.54) is 37.8 Å². The summed E-state index contributed by atoms with van der Waals surface area (Å²) in [5, 5.41) is 0. The molecule has 1 fully saturated rings. The molecule has 2 heteroatoms. The Morgan fingerprint density at radius 1 is 1.06 bits per heavy atom. The molecule has 1 radical (unpaired) electrons. The number of aryl methyl sites for hydroxylation is 1. The molecule has 2 rings (SSSR count). The van der Waals surface area contributed by atoms with Crippen LogP contribution in [0, 0.1) is 24.0 Å². The summed E-state index contributed by atoms with van der Waals surface area (Å²) in [7, 11) is 0. The van der Waals surface area contributed by atoms with Gasteiger partial charge in [0.1, 0.15) is 0 Å². The van der Waals surface area contributed by atoms with Crippen molar-refractivity contribution in [1.82, 2.24) is 0 Å². The molecule has 16 heavy (non-hydrogen) atoms. The minimum absolute atomic E-state index is 0.727. The van der Waals surface area contributed by atoms with E-state index >= 15 is 0 Å². The van der Waals surface area contributed by atoms with E-state index in [4.69, 9.17) is 0 Å². The number of halogens is 2. The number of hydrogen-bond donors (Lipinski definition) is 0. The van der Waals surface area contributed by atoms with Crippen LogP contribution in [0.2, 0.25) is 0 Å². The van der Waals surface area contributed by atoms with Gasteiger partial charge >= 0.3 is 0 Å². The molecule has 0 unspecified atom stereocenters. The molecule has 0 spiro atoms. The van der Waals surface area contributed by atoms with Gasteiger partial charge in [-0.15, -0.1) is 0 Å². The molecular weight excluding hydrogens is 206 g/mol. The molecule has 1 aliphatic rings. The molecule has 1 aromatic rings. The average Bonchev–Trinajstić information content (AvgIpc) is 2.32. The minimum Gasteiger partial charge on any atom is -0.204 e. The Balaban J connectivity index is 1.86. The summed E-state index contributed by atoms with van der Waals surface area (Å²) < 4.78 is 25.7. The quantitative estimate of drug-likeness (QED) is 0.717. The highest BCUT2D eigenvalue weighted by Crippen LogP contribution is 2.27. The molecule has 0 atom stereocenters. The van der Waals surface area contributed by atoms with E-state index in [-0.39, 0.29) is 0 Å². The molecule has 1 saturated carbocycles. The summed E-state index contributed by atoms with van der Waals surface area (Å²) in [4.78, 5) is 0. The van der Waals surface area contributed by atoms with E-state index in [1.807, 2.05) is 0 Å². The fourth-order valence-electron chi connectivity index (χ4n) is 2.35. The van der Waals surface area contributed by atoms with Crippen LogP contribution in [0.5, 0.6) is 0 Å². The van der Waals surface area contributed by atoms with Gasteiger partial charge in [-0.3, -0.25) is 0 Å². The Morgan fingerprint density at radius 2 is 1.81 bits per heavy atom. The Morgan fingerprint density at radius 3 is 2.50 bits per heavy atom. The van der Waals surface area contributed by atoms with Crippen LogP contribution in [0.3, 0.4) is 0 Å². The summed E-state index contributed by atoms with van der Waals surface area (Å²) in [5.74, 6) is -0.719. The zero-order valence-corrected chi connectivity index (χ0v) is 9.39. The lowest BCUT2D eigenvalue weighted by Gasteiger charge is -2.21. The van der Waals surface area contributed by atoms with Crippen LogP contribution in [-0.2, 0) is 6.42 Å². The van der Waals surface area contributed by atoms with Crippen molar-refractivity contribution in [2.75, 3.05) is 0 Å². The number of rotatable bonds is 3. The lowest BCUT2D eigenvalue weighted by atomic mass is 9.85. The van der Waals surface area contributed by atoms with Gasteiger partial charge in [-0.05, 0) is 55.7 Å².